The number of ether oxygens (including phenoxy) is 2. The first-order chi connectivity index (χ1) is 11.0. The van der Waals surface area contributed by atoms with Gasteiger partial charge in [-0.25, -0.2) is 4.79 Å². The zero-order valence-corrected chi connectivity index (χ0v) is 14.0. The smallest absolute Gasteiger partial charge is 0.411 e. The number of hydrogen-bond acceptors (Lipinski definition) is 6. The Balaban J connectivity index is 2.13. The van der Waals surface area contributed by atoms with Gasteiger partial charge in [-0.2, -0.15) is 8.42 Å². The lowest BCUT2D eigenvalue weighted by atomic mass is 9.97. The summed E-state index contributed by atoms with van der Waals surface area (Å²) in [5.74, 6) is 0.138. The highest BCUT2D eigenvalue weighted by Crippen LogP contribution is 2.29. The maximum Gasteiger partial charge on any atom is 0.411 e. The number of anilines is 1. The van der Waals surface area contributed by atoms with Crippen molar-refractivity contribution in [3.05, 3.63) is 24.3 Å². The molecule has 1 aliphatic rings. The third-order valence-electron chi connectivity index (χ3n) is 3.79. The standard InChI is InChI=1S/C15H21NO6S/c1-20-13-8-3-4-9-14(13)23(18,19)22-12-7-5-6-11(10-12)16-15(17)21-2/h5-7,10,13-14H,3-4,8-9H2,1-2H3,(H,16,17). The number of carbonyl (C=O) groups is 1. The Labute approximate surface area is 136 Å². The number of benzene rings is 1. The molecule has 0 aromatic heterocycles. The highest BCUT2D eigenvalue weighted by Gasteiger charge is 2.37. The summed E-state index contributed by atoms with van der Waals surface area (Å²) in [4.78, 5) is 11.2. The van der Waals surface area contributed by atoms with Crippen molar-refractivity contribution in [2.75, 3.05) is 19.5 Å². The summed E-state index contributed by atoms with van der Waals surface area (Å²) in [6, 6.07) is 6.14. The van der Waals surface area contributed by atoms with Crippen molar-refractivity contribution in [3.63, 3.8) is 0 Å². The van der Waals surface area contributed by atoms with E-state index in [2.05, 4.69) is 10.1 Å². The number of methoxy groups -OCH3 is 2. The van der Waals surface area contributed by atoms with E-state index in [1.165, 1.54) is 26.4 Å². The van der Waals surface area contributed by atoms with Gasteiger partial charge in [-0.15, -0.1) is 0 Å². The first kappa shape index (κ1) is 17.6. The summed E-state index contributed by atoms with van der Waals surface area (Å²) in [7, 11) is -1.06. The van der Waals surface area contributed by atoms with Crippen LogP contribution in [0.5, 0.6) is 5.75 Å². The van der Waals surface area contributed by atoms with E-state index in [0.717, 1.165) is 12.8 Å². The molecule has 0 heterocycles. The predicted octanol–water partition coefficient (Wildman–Crippen LogP) is 2.53. The first-order valence-corrected chi connectivity index (χ1v) is 8.84. The van der Waals surface area contributed by atoms with E-state index in [1.807, 2.05) is 0 Å². The molecule has 0 bridgehead atoms. The fraction of sp³-hybridized carbons (Fsp3) is 0.533. The third kappa shape index (κ3) is 4.59. The van der Waals surface area contributed by atoms with Gasteiger partial charge in [0, 0.05) is 18.9 Å². The van der Waals surface area contributed by atoms with Gasteiger partial charge in [0.1, 0.15) is 11.0 Å². The molecule has 2 atom stereocenters. The zero-order valence-electron chi connectivity index (χ0n) is 13.2. The molecule has 8 heteroatoms. The van der Waals surface area contributed by atoms with Crippen molar-refractivity contribution >= 4 is 21.9 Å². The normalized spacial score (nSPS) is 21.5. The van der Waals surface area contributed by atoms with Crippen LogP contribution in [-0.4, -0.2) is 40.1 Å². The molecule has 2 unspecified atom stereocenters. The Morgan fingerprint density at radius 1 is 1.22 bits per heavy atom. The number of hydrogen-bond donors (Lipinski definition) is 1. The maximum atomic E-state index is 12.5. The summed E-state index contributed by atoms with van der Waals surface area (Å²) in [6.07, 6.45) is 2.00. The van der Waals surface area contributed by atoms with E-state index < -0.39 is 21.5 Å². The second kappa shape index (κ2) is 7.65. The lowest BCUT2D eigenvalue weighted by molar-refractivity contribution is 0.0719. The summed E-state index contributed by atoms with van der Waals surface area (Å²) in [5, 5.41) is 1.77. The second-order valence-electron chi connectivity index (χ2n) is 5.32. The number of carbonyl (C=O) groups excluding carboxylic acids is 1. The summed E-state index contributed by atoms with van der Waals surface area (Å²) < 4.78 is 40.0. The molecular weight excluding hydrogens is 322 g/mol. The van der Waals surface area contributed by atoms with Gasteiger partial charge >= 0.3 is 16.2 Å². The molecule has 0 spiro atoms. The van der Waals surface area contributed by atoms with Crippen LogP contribution in [0.1, 0.15) is 25.7 Å². The Morgan fingerprint density at radius 2 is 1.96 bits per heavy atom. The molecule has 2 rings (SSSR count). The van der Waals surface area contributed by atoms with Gasteiger partial charge in [0.25, 0.3) is 0 Å². The topological polar surface area (TPSA) is 90.9 Å². The molecule has 0 radical (unpaired) electrons. The lowest BCUT2D eigenvalue weighted by Gasteiger charge is -2.29. The van der Waals surface area contributed by atoms with Crippen molar-refractivity contribution in [1.82, 2.24) is 0 Å². The minimum absolute atomic E-state index is 0.138. The van der Waals surface area contributed by atoms with Crippen LogP contribution in [0.4, 0.5) is 10.5 Å². The van der Waals surface area contributed by atoms with Crippen LogP contribution in [0, 0.1) is 0 Å². The minimum Gasteiger partial charge on any atom is -0.453 e. The van der Waals surface area contributed by atoms with E-state index in [9.17, 15) is 13.2 Å². The van der Waals surface area contributed by atoms with Gasteiger partial charge in [-0.1, -0.05) is 18.9 Å². The second-order valence-corrected chi connectivity index (χ2v) is 7.08. The molecule has 1 aromatic rings. The molecule has 7 nitrogen and oxygen atoms in total. The van der Waals surface area contributed by atoms with Crippen molar-refractivity contribution in [1.29, 1.82) is 0 Å². The Kier molecular flexibility index (Phi) is 5.84. The molecule has 128 valence electrons. The van der Waals surface area contributed by atoms with E-state index in [0.29, 0.717) is 18.5 Å². The average molecular weight is 343 g/mol. The zero-order chi connectivity index (χ0) is 16.9. The molecular formula is C15H21NO6S. The average Bonchev–Trinajstić information content (AvgIpc) is 2.54. The molecule has 1 saturated carbocycles. The number of amides is 1. The fourth-order valence-electron chi connectivity index (χ4n) is 2.65. The van der Waals surface area contributed by atoms with Gasteiger partial charge in [-0.3, -0.25) is 5.32 Å². The number of rotatable bonds is 5. The van der Waals surface area contributed by atoms with Crippen LogP contribution in [-0.2, 0) is 19.6 Å². The molecule has 0 aliphatic heterocycles. The Hall–Kier alpha value is -1.80. The van der Waals surface area contributed by atoms with Crippen LogP contribution in [0.15, 0.2) is 24.3 Å². The molecule has 1 amide bonds. The molecule has 1 fully saturated rings. The van der Waals surface area contributed by atoms with E-state index in [1.54, 1.807) is 12.1 Å². The summed E-state index contributed by atoms with van der Waals surface area (Å²) in [5.41, 5.74) is 0.386. The van der Waals surface area contributed by atoms with Crippen LogP contribution >= 0.6 is 0 Å². The molecule has 0 saturated heterocycles. The van der Waals surface area contributed by atoms with Gasteiger partial charge in [-0.05, 0) is 25.0 Å². The van der Waals surface area contributed by atoms with Crippen molar-refractivity contribution in [3.8, 4) is 5.75 Å². The highest BCUT2D eigenvalue weighted by atomic mass is 32.2. The van der Waals surface area contributed by atoms with Crippen LogP contribution in [0.25, 0.3) is 0 Å². The largest absolute Gasteiger partial charge is 0.453 e. The molecule has 1 aromatic carbocycles. The quantitative estimate of drug-likeness (QED) is 0.826. The third-order valence-corrected chi connectivity index (χ3v) is 5.50. The van der Waals surface area contributed by atoms with Crippen LogP contribution in [0.2, 0.25) is 0 Å². The van der Waals surface area contributed by atoms with E-state index in [4.69, 9.17) is 8.92 Å². The SMILES string of the molecule is COC(=O)Nc1cccc(OS(=O)(=O)C2CCCCC2OC)c1. The lowest BCUT2D eigenvalue weighted by Crippen LogP contribution is -2.40. The van der Waals surface area contributed by atoms with E-state index >= 15 is 0 Å². The Morgan fingerprint density at radius 3 is 2.65 bits per heavy atom. The summed E-state index contributed by atoms with van der Waals surface area (Å²) >= 11 is 0. The fourth-order valence-corrected chi connectivity index (χ4v) is 4.22. The molecule has 23 heavy (non-hydrogen) atoms. The van der Waals surface area contributed by atoms with Crippen molar-refractivity contribution in [2.24, 2.45) is 0 Å². The highest BCUT2D eigenvalue weighted by molar-refractivity contribution is 7.87. The monoisotopic (exact) mass is 343 g/mol. The van der Waals surface area contributed by atoms with Crippen LogP contribution < -0.4 is 9.50 Å². The Bertz CT molecular complexity index is 645. The van der Waals surface area contributed by atoms with Gasteiger partial charge < -0.3 is 13.7 Å². The number of nitrogens with one attached hydrogen (secondary N) is 1. The van der Waals surface area contributed by atoms with Crippen molar-refractivity contribution < 1.29 is 26.9 Å². The van der Waals surface area contributed by atoms with Gasteiger partial charge in [0.05, 0.1) is 13.2 Å². The van der Waals surface area contributed by atoms with Gasteiger partial charge in [0.15, 0.2) is 0 Å². The maximum absolute atomic E-state index is 12.5. The first-order valence-electron chi connectivity index (χ1n) is 7.37. The van der Waals surface area contributed by atoms with Crippen LogP contribution in [0.3, 0.4) is 0 Å². The molecule has 1 aliphatic carbocycles. The van der Waals surface area contributed by atoms with Gasteiger partial charge in [0.2, 0.25) is 0 Å². The van der Waals surface area contributed by atoms with E-state index in [-0.39, 0.29) is 11.9 Å². The molecule has 1 N–H and O–H groups in total. The van der Waals surface area contributed by atoms with Crippen molar-refractivity contribution in [2.45, 2.75) is 37.0 Å². The minimum atomic E-state index is -3.82. The summed E-state index contributed by atoms with van der Waals surface area (Å²) in [6.45, 7) is 0. The predicted molar refractivity (Wildman–Crippen MR) is 85.1 cm³/mol.